The molecule has 0 amide bonds. The summed E-state index contributed by atoms with van der Waals surface area (Å²) < 4.78 is 0. The van der Waals surface area contributed by atoms with Crippen LogP contribution in [0.4, 0.5) is 0 Å². The summed E-state index contributed by atoms with van der Waals surface area (Å²) in [7, 11) is 0. The third-order valence-electron chi connectivity index (χ3n) is 1.67. The molecule has 0 fully saturated rings. The molecule has 0 saturated carbocycles. The second kappa shape index (κ2) is 3.80. The Labute approximate surface area is 70.7 Å². The lowest BCUT2D eigenvalue weighted by molar-refractivity contribution is 0.284. The predicted octanol–water partition coefficient (Wildman–Crippen LogP) is 2.92. The van der Waals surface area contributed by atoms with Gasteiger partial charge in [-0.1, -0.05) is 34.3 Å². The maximum absolute atomic E-state index is 5.56. The van der Waals surface area contributed by atoms with E-state index in [1.165, 1.54) is 6.42 Å². The van der Waals surface area contributed by atoms with E-state index in [9.17, 15) is 0 Å². The van der Waals surface area contributed by atoms with Crippen LogP contribution < -0.4 is 5.73 Å². The Morgan fingerprint density at radius 3 is 2.18 bits per heavy atom. The van der Waals surface area contributed by atoms with Crippen molar-refractivity contribution in [2.45, 2.75) is 40.5 Å². The molecule has 0 atom stereocenters. The van der Waals surface area contributed by atoms with Crippen molar-refractivity contribution in [3.05, 3.63) is 12.3 Å². The van der Waals surface area contributed by atoms with Gasteiger partial charge in [-0.25, -0.2) is 0 Å². The van der Waals surface area contributed by atoms with Crippen LogP contribution in [0.5, 0.6) is 0 Å². The largest absolute Gasteiger partial charge is 0.402 e. The minimum atomic E-state index is 0.319. The minimum Gasteiger partial charge on any atom is -0.402 e. The third kappa shape index (κ3) is 5.96. The van der Waals surface area contributed by atoms with E-state index in [0.717, 1.165) is 18.0 Å². The average Bonchev–Trinajstić information content (AvgIpc) is 1.53. The monoisotopic (exact) mass is 155 g/mol. The first-order chi connectivity index (χ1) is 4.83. The first kappa shape index (κ1) is 10.5. The Balaban J connectivity index is 3.89. The van der Waals surface area contributed by atoms with Crippen molar-refractivity contribution in [3.8, 4) is 0 Å². The van der Waals surface area contributed by atoms with Gasteiger partial charge in [0.2, 0.25) is 0 Å². The number of hydrogen-bond donors (Lipinski definition) is 1. The molecule has 0 aliphatic heterocycles. The summed E-state index contributed by atoms with van der Waals surface area (Å²) in [4.78, 5) is 0. The molecule has 0 spiro atoms. The molecule has 0 heterocycles. The Morgan fingerprint density at radius 1 is 1.45 bits per heavy atom. The summed E-state index contributed by atoms with van der Waals surface area (Å²) in [5, 5.41) is 0. The second-order valence-corrected chi connectivity index (χ2v) is 4.60. The highest BCUT2D eigenvalue weighted by atomic mass is 14.6. The third-order valence-corrected chi connectivity index (χ3v) is 1.67. The van der Waals surface area contributed by atoms with E-state index in [4.69, 9.17) is 5.73 Å². The van der Waals surface area contributed by atoms with Crippen molar-refractivity contribution < 1.29 is 0 Å². The first-order valence-corrected chi connectivity index (χ1v) is 4.27. The zero-order chi connectivity index (χ0) is 9.07. The van der Waals surface area contributed by atoms with Crippen molar-refractivity contribution >= 4 is 0 Å². The van der Waals surface area contributed by atoms with Gasteiger partial charge in [-0.05, 0) is 24.2 Å². The summed E-state index contributed by atoms with van der Waals surface area (Å²) in [5.41, 5.74) is 6.68. The highest BCUT2D eigenvalue weighted by molar-refractivity contribution is 4.92. The molecule has 0 aromatic rings. The van der Waals surface area contributed by atoms with Crippen LogP contribution in [0, 0.1) is 11.3 Å². The molecule has 1 nitrogen and oxygen atoms in total. The summed E-state index contributed by atoms with van der Waals surface area (Å²) in [6.45, 7) is 12.7. The van der Waals surface area contributed by atoms with Crippen LogP contribution in [0.25, 0.3) is 0 Å². The fourth-order valence-corrected chi connectivity index (χ4v) is 1.79. The average molecular weight is 155 g/mol. The van der Waals surface area contributed by atoms with Crippen LogP contribution in [-0.4, -0.2) is 0 Å². The lowest BCUT2D eigenvalue weighted by Crippen LogP contribution is -2.17. The zero-order valence-electron chi connectivity index (χ0n) is 8.28. The normalized spacial score (nSPS) is 12.1. The Morgan fingerprint density at radius 2 is 1.91 bits per heavy atom. The Hall–Kier alpha value is -0.460. The van der Waals surface area contributed by atoms with Crippen LogP contribution in [0.15, 0.2) is 12.3 Å². The van der Waals surface area contributed by atoms with Crippen LogP contribution >= 0.6 is 0 Å². The van der Waals surface area contributed by atoms with Gasteiger partial charge in [0.15, 0.2) is 0 Å². The molecular formula is C10H21N. The number of nitrogens with two attached hydrogens (primary N) is 1. The Bertz CT molecular complexity index is 134. The van der Waals surface area contributed by atoms with Crippen molar-refractivity contribution in [2.24, 2.45) is 17.1 Å². The van der Waals surface area contributed by atoms with Gasteiger partial charge in [0, 0.05) is 5.70 Å². The number of allylic oxidation sites excluding steroid dienone is 1. The molecular weight excluding hydrogens is 134 g/mol. The molecule has 0 bridgehead atoms. The topological polar surface area (TPSA) is 26.0 Å². The summed E-state index contributed by atoms with van der Waals surface area (Å²) in [6.07, 6.45) is 2.15. The van der Waals surface area contributed by atoms with Gasteiger partial charge in [0.05, 0.1) is 0 Å². The van der Waals surface area contributed by atoms with E-state index in [2.05, 4.69) is 34.3 Å². The molecule has 0 saturated heterocycles. The van der Waals surface area contributed by atoms with Gasteiger partial charge in [-0.15, -0.1) is 0 Å². The number of hydrogen-bond acceptors (Lipinski definition) is 1. The molecule has 0 rings (SSSR count). The molecule has 0 aromatic carbocycles. The van der Waals surface area contributed by atoms with E-state index in [-0.39, 0.29) is 0 Å². The maximum atomic E-state index is 5.56. The fraction of sp³-hybridized carbons (Fsp3) is 0.800. The van der Waals surface area contributed by atoms with Crippen molar-refractivity contribution in [3.63, 3.8) is 0 Å². The number of rotatable bonds is 4. The van der Waals surface area contributed by atoms with Crippen LogP contribution in [0.1, 0.15) is 40.5 Å². The highest BCUT2D eigenvalue weighted by Crippen LogP contribution is 2.30. The van der Waals surface area contributed by atoms with E-state index in [1.54, 1.807) is 0 Å². The smallest absolute Gasteiger partial charge is 0.00128 e. The van der Waals surface area contributed by atoms with E-state index in [1.807, 2.05) is 0 Å². The quantitative estimate of drug-likeness (QED) is 0.663. The predicted molar refractivity (Wildman–Crippen MR) is 51.2 cm³/mol. The molecule has 0 aliphatic carbocycles. The van der Waals surface area contributed by atoms with Crippen molar-refractivity contribution in [1.82, 2.24) is 0 Å². The van der Waals surface area contributed by atoms with Crippen molar-refractivity contribution in [1.29, 1.82) is 0 Å². The van der Waals surface area contributed by atoms with Gasteiger partial charge in [-0.2, -0.15) is 0 Å². The molecule has 0 radical (unpaired) electrons. The lowest BCUT2D eigenvalue weighted by atomic mass is 9.80. The molecule has 0 unspecified atom stereocenters. The molecule has 0 aromatic heterocycles. The van der Waals surface area contributed by atoms with Gasteiger partial charge >= 0.3 is 0 Å². The molecule has 2 N–H and O–H groups in total. The first-order valence-electron chi connectivity index (χ1n) is 4.27. The van der Waals surface area contributed by atoms with Gasteiger partial charge in [-0.3, -0.25) is 0 Å². The van der Waals surface area contributed by atoms with E-state index in [0.29, 0.717) is 5.41 Å². The van der Waals surface area contributed by atoms with Crippen molar-refractivity contribution in [2.75, 3.05) is 0 Å². The Kier molecular flexibility index (Phi) is 3.64. The highest BCUT2D eigenvalue weighted by Gasteiger charge is 2.19. The summed E-state index contributed by atoms with van der Waals surface area (Å²) >= 11 is 0. The van der Waals surface area contributed by atoms with E-state index >= 15 is 0 Å². The van der Waals surface area contributed by atoms with Gasteiger partial charge < -0.3 is 5.73 Å². The van der Waals surface area contributed by atoms with E-state index < -0.39 is 0 Å². The minimum absolute atomic E-state index is 0.319. The molecule has 0 aliphatic rings. The molecule has 1 heteroatoms. The molecule has 11 heavy (non-hydrogen) atoms. The summed E-state index contributed by atoms with van der Waals surface area (Å²) in [5.74, 6) is 0.740. The fourth-order valence-electron chi connectivity index (χ4n) is 1.79. The zero-order valence-corrected chi connectivity index (χ0v) is 8.28. The van der Waals surface area contributed by atoms with Crippen LogP contribution in [0.2, 0.25) is 0 Å². The lowest BCUT2D eigenvalue weighted by Gasteiger charge is -2.26. The van der Waals surface area contributed by atoms with Gasteiger partial charge in [0.25, 0.3) is 0 Å². The maximum Gasteiger partial charge on any atom is 0.00128 e. The van der Waals surface area contributed by atoms with Crippen LogP contribution in [0.3, 0.4) is 0 Å². The van der Waals surface area contributed by atoms with Gasteiger partial charge in [0.1, 0.15) is 0 Å². The standard InChI is InChI=1S/C10H21N/c1-8(2)6-10(4,5)7-9(3)11/h8H,3,6-7,11H2,1-2,4-5H3. The second-order valence-electron chi connectivity index (χ2n) is 4.60. The van der Waals surface area contributed by atoms with Crippen LogP contribution in [-0.2, 0) is 0 Å². The SMILES string of the molecule is C=C(N)CC(C)(C)CC(C)C. The summed E-state index contributed by atoms with van der Waals surface area (Å²) in [6, 6.07) is 0. The molecule has 66 valence electrons.